The molecule has 0 bridgehead atoms. The van der Waals surface area contributed by atoms with Crippen molar-refractivity contribution in [3.8, 4) is 5.75 Å². The van der Waals surface area contributed by atoms with Crippen LogP contribution in [0.25, 0.3) is 0 Å². The summed E-state index contributed by atoms with van der Waals surface area (Å²) in [7, 11) is 0. The Kier molecular flexibility index (Phi) is 8.83. The largest absolute Gasteiger partial charge is 0.479 e. The highest BCUT2D eigenvalue weighted by Gasteiger charge is 2.15. The van der Waals surface area contributed by atoms with E-state index in [1.165, 1.54) is 6.21 Å². The first-order valence-electron chi connectivity index (χ1n) is 9.18. The number of amides is 2. The molecule has 9 heteroatoms. The van der Waals surface area contributed by atoms with E-state index in [2.05, 4.69) is 15.8 Å². The number of hydrogen-bond acceptors (Lipinski definition) is 6. The van der Waals surface area contributed by atoms with Crippen molar-refractivity contribution in [3.05, 3.63) is 59.1 Å². The van der Waals surface area contributed by atoms with Crippen molar-refractivity contribution in [2.24, 2.45) is 5.10 Å². The van der Waals surface area contributed by atoms with Crippen LogP contribution in [0.4, 0.5) is 5.69 Å². The second-order valence-corrected chi connectivity index (χ2v) is 6.49. The molecule has 0 aliphatic rings. The van der Waals surface area contributed by atoms with Gasteiger partial charge < -0.3 is 14.8 Å². The number of hydrogen-bond donors (Lipinski definition) is 2. The van der Waals surface area contributed by atoms with Gasteiger partial charge in [0.2, 0.25) is 11.8 Å². The molecule has 2 rings (SSSR count). The van der Waals surface area contributed by atoms with Crippen LogP contribution in [-0.2, 0) is 19.1 Å². The number of benzene rings is 2. The van der Waals surface area contributed by atoms with Crippen molar-refractivity contribution >= 4 is 41.3 Å². The van der Waals surface area contributed by atoms with E-state index in [-0.39, 0.29) is 6.61 Å². The predicted molar refractivity (Wildman–Crippen MR) is 114 cm³/mol. The van der Waals surface area contributed by atoms with E-state index >= 15 is 0 Å². The van der Waals surface area contributed by atoms with E-state index in [1.54, 1.807) is 62.4 Å². The zero-order chi connectivity index (χ0) is 21.9. The maximum absolute atomic E-state index is 11.9. The predicted octanol–water partition coefficient (Wildman–Crippen LogP) is 3.15. The highest BCUT2D eigenvalue weighted by Crippen LogP contribution is 2.20. The van der Waals surface area contributed by atoms with Crippen molar-refractivity contribution in [1.29, 1.82) is 0 Å². The number of carbonyl (C=O) groups is 3. The first kappa shape index (κ1) is 22.9. The summed E-state index contributed by atoms with van der Waals surface area (Å²) in [6.07, 6.45) is 0.296. The molecule has 1 atom stereocenters. The van der Waals surface area contributed by atoms with Crippen molar-refractivity contribution in [3.63, 3.8) is 0 Å². The average molecular weight is 432 g/mol. The normalized spacial score (nSPS) is 11.6. The smallest absolute Gasteiger partial charge is 0.347 e. The fourth-order valence-electron chi connectivity index (χ4n) is 2.27. The molecule has 0 saturated carbocycles. The molecule has 0 aromatic heterocycles. The summed E-state index contributed by atoms with van der Waals surface area (Å²) in [5.41, 5.74) is 3.40. The van der Waals surface area contributed by atoms with Gasteiger partial charge in [-0.2, -0.15) is 5.10 Å². The molecule has 0 saturated heterocycles. The second-order valence-electron chi connectivity index (χ2n) is 6.08. The average Bonchev–Trinajstić information content (AvgIpc) is 2.71. The summed E-state index contributed by atoms with van der Waals surface area (Å²) in [6, 6.07) is 13.5. The summed E-state index contributed by atoms with van der Waals surface area (Å²) < 4.78 is 10.4. The minimum absolute atomic E-state index is 0.287. The molecule has 158 valence electrons. The van der Waals surface area contributed by atoms with Crippen LogP contribution in [0.2, 0.25) is 5.02 Å². The molecule has 0 aliphatic carbocycles. The topological polar surface area (TPSA) is 106 Å². The fourth-order valence-corrected chi connectivity index (χ4v) is 2.45. The van der Waals surface area contributed by atoms with Gasteiger partial charge in [-0.15, -0.1) is 0 Å². The van der Waals surface area contributed by atoms with Crippen LogP contribution in [0, 0.1) is 0 Å². The van der Waals surface area contributed by atoms with Crippen molar-refractivity contribution in [2.75, 3.05) is 11.9 Å². The van der Waals surface area contributed by atoms with E-state index in [0.29, 0.717) is 22.0 Å². The van der Waals surface area contributed by atoms with Crippen LogP contribution < -0.4 is 15.5 Å². The zero-order valence-electron chi connectivity index (χ0n) is 16.6. The third kappa shape index (κ3) is 7.56. The minimum atomic E-state index is -0.722. The Morgan fingerprint density at radius 3 is 2.47 bits per heavy atom. The zero-order valence-corrected chi connectivity index (χ0v) is 17.3. The molecule has 0 fully saturated rings. The Balaban J connectivity index is 1.79. The molecule has 0 spiro atoms. The van der Waals surface area contributed by atoms with E-state index in [1.807, 2.05) is 0 Å². The lowest BCUT2D eigenvalue weighted by molar-refractivity contribution is -0.150. The highest BCUT2D eigenvalue weighted by atomic mass is 35.5. The minimum Gasteiger partial charge on any atom is -0.479 e. The number of rotatable bonds is 9. The van der Waals surface area contributed by atoms with Gasteiger partial charge in [-0.3, -0.25) is 9.59 Å². The molecular formula is C21H22ClN3O5. The number of hydrazone groups is 1. The van der Waals surface area contributed by atoms with Crippen molar-refractivity contribution in [1.82, 2.24) is 5.43 Å². The number of esters is 1. The second kappa shape index (κ2) is 11.6. The molecule has 2 aromatic rings. The highest BCUT2D eigenvalue weighted by molar-refractivity contribution is 6.33. The van der Waals surface area contributed by atoms with Gasteiger partial charge in [0.1, 0.15) is 12.2 Å². The number of nitrogens with one attached hydrogen (secondary N) is 2. The number of ether oxygens (including phenoxy) is 2. The maximum Gasteiger partial charge on any atom is 0.347 e. The van der Waals surface area contributed by atoms with Crippen LogP contribution >= 0.6 is 11.6 Å². The summed E-state index contributed by atoms with van der Waals surface area (Å²) >= 11 is 5.95. The van der Waals surface area contributed by atoms with Gasteiger partial charge in [0.15, 0.2) is 6.10 Å². The van der Waals surface area contributed by atoms with Gasteiger partial charge in [-0.05, 0) is 55.8 Å². The van der Waals surface area contributed by atoms with Gasteiger partial charge >= 0.3 is 5.97 Å². The number of halogens is 1. The third-order valence-corrected chi connectivity index (χ3v) is 4.01. The summed E-state index contributed by atoms with van der Waals surface area (Å²) in [6.45, 7) is 3.61. The van der Waals surface area contributed by atoms with E-state index < -0.39 is 30.3 Å². The van der Waals surface area contributed by atoms with Crippen LogP contribution in [-0.4, -0.2) is 36.7 Å². The monoisotopic (exact) mass is 431 g/mol. The first-order chi connectivity index (χ1) is 14.4. The Morgan fingerprint density at radius 1 is 1.10 bits per heavy atom. The van der Waals surface area contributed by atoms with Gasteiger partial charge in [-0.1, -0.05) is 23.7 Å². The molecule has 0 radical (unpaired) electrons. The number of para-hydroxylation sites is 1. The third-order valence-electron chi connectivity index (χ3n) is 3.68. The maximum atomic E-state index is 11.9. The molecule has 1 unspecified atom stereocenters. The number of anilines is 1. The van der Waals surface area contributed by atoms with Crippen LogP contribution in [0.15, 0.2) is 53.6 Å². The van der Waals surface area contributed by atoms with Gasteiger partial charge in [-0.25, -0.2) is 10.2 Å². The molecule has 2 aromatic carbocycles. The standard InChI is InChI=1S/C21H22ClN3O5/c1-3-29-21(28)14(2)30-16-10-8-15(9-11-16)13-23-25-20(27)12-19(26)24-18-7-5-4-6-17(18)22/h4-11,13-14H,3,12H2,1-2H3,(H,24,26)(H,25,27). The molecule has 2 N–H and O–H groups in total. The lowest BCUT2D eigenvalue weighted by Gasteiger charge is -2.13. The Morgan fingerprint density at radius 2 is 1.80 bits per heavy atom. The Labute approximate surface area is 179 Å². The molecule has 0 aliphatic heterocycles. The molecule has 0 heterocycles. The first-order valence-corrected chi connectivity index (χ1v) is 9.56. The molecule has 2 amide bonds. The summed E-state index contributed by atoms with van der Waals surface area (Å²) in [5.74, 6) is -1.02. The molecule has 8 nitrogen and oxygen atoms in total. The van der Waals surface area contributed by atoms with E-state index in [9.17, 15) is 14.4 Å². The summed E-state index contributed by atoms with van der Waals surface area (Å²) in [4.78, 5) is 35.3. The quantitative estimate of drug-likeness (QED) is 0.274. The van der Waals surface area contributed by atoms with E-state index in [4.69, 9.17) is 21.1 Å². The fraction of sp³-hybridized carbons (Fsp3) is 0.238. The van der Waals surface area contributed by atoms with Crippen molar-refractivity contribution < 1.29 is 23.9 Å². The van der Waals surface area contributed by atoms with Crippen LogP contribution in [0.1, 0.15) is 25.8 Å². The van der Waals surface area contributed by atoms with Gasteiger partial charge in [0.05, 0.1) is 23.5 Å². The number of nitrogens with zero attached hydrogens (tertiary/aromatic N) is 1. The Bertz CT molecular complexity index is 915. The van der Waals surface area contributed by atoms with Crippen LogP contribution in [0.5, 0.6) is 5.75 Å². The van der Waals surface area contributed by atoms with Crippen molar-refractivity contribution in [2.45, 2.75) is 26.4 Å². The van der Waals surface area contributed by atoms with Crippen LogP contribution in [0.3, 0.4) is 0 Å². The van der Waals surface area contributed by atoms with Gasteiger partial charge in [0.25, 0.3) is 0 Å². The molecule has 30 heavy (non-hydrogen) atoms. The Hall–Kier alpha value is -3.39. The lowest BCUT2D eigenvalue weighted by Crippen LogP contribution is -2.26. The SMILES string of the molecule is CCOC(=O)C(C)Oc1ccc(C=NNC(=O)CC(=O)Nc2ccccc2Cl)cc1. The molecular weight excluding hydrogens is 410 g/mol. The van der Waals surface area contributed by atoms with E-state index in [0.717, 1.165) is 0 Å². The number of carbonyl (C=O) groups excluding carboxylic acids is 3. The lowest BCUT2D eigenvalue weighted by atomic mass is 10.2. The summed E-state index contributed by atoms with van der Waals surface area (Å²) in [5, 5.41) is 6.76. The van der Waals surface area contributed by atoms with Gasteiger partial charge in [0, 0.05) is 0 Å².